The van der Waals surface area contributed by atoms with Gasteiger partial charge in [0.15, 0.2) is 0 Å². The number of carboxylic acid groups (broad SMARTS) is 1. The highest BCUT2D eigenvalue weighted by molar-refractivity contribution is 6.31. The van der Waals surface area contributed by atoms with E-state index in [4.69, 9.17) is 11.6 Å². The largest absolute Gasteiger partial charge is 0.550 e. The third-order valence-electron chi connectivity index (χ3n) is 2.03. The minimum atomic E-state index is -1.24. The summed E-state index contributed by atoms with van der Waals surface area (Å²) in [7, 11) is 0. The van der Waals surface area contributed by atoms with Crippen LogP contribution in [-0.4, -0.2) is 11.9 Å². The fraction of sp³-hybridized carbons (Fsp3) is 0.273. The molecule has 0 aliphatic heterocycles. The standard InChI is InChI=1S/C11H12ClNO3/c1-7-2-3-8(12)6-9(7)13-10(14)4-5-11(15)16/h2-3,6H,4-5H2,1H3,(H,13,14)(H,15,16)/p-1. The van der Waals surface area contributed by atoms with E-state index in [1.165, 1.54) is 0 Å². The summed E-state index contributed by atoms with van der Waals surface area (Å²) in [6.45, 7) is 1.82. The molecule has 0 aliphatic rings. The van der Waals surface area contributed by atoms with Gasteiger partial charge in [-0.1, -0.05) is 17.7 Å². The Morgan fingerprint density at radius 1 is 1.38 bits per heavy atom. The number of hydrogen-bond donors (Lipinski definition) is 1. The van der Waals surface area contributed by atoms with Crippen molar-refractivity contribution in [2.24, 2.45) is 0 Å². The zero-order chi connectivity index (χ0) is 12.1. The molecule has 5 heteroatoms. The van der Waals surface area contributed by atoms with E-state index in [0.29, 0.717) is 10.7 Å². The van der Waals surface area contributed by atoms with Crippen LogP contribution in [0.2, 0.25) is 5.02 Å². The van der Waals surface area contributed by atoms with Crippen LogP contribution in [0.25, 0.3) is 0 Å². The lowest BCUT2D eigenvalue weighted by molar-refractivity contribution is -0.305. The van der Waals surface area contributed by atoms with Gasteiger partial charge in [-0.2, -0.15) is 0 Å². The van der Waals surface area contributed by atoms with E-state index in [2.05, 4.69) is 5.32 Å². The first-order chi connectivity index (χ1) is 7.49. The van der Waals surface area contributed by atoms with Crippen LogP contribution >= 0.6 is 11.6 Å². The summed E-state index contributed by atoms with van der Waals surface area (Å²) in [6.07, 6.45) is -0.389. The smallest absolute Gasteiger partial charge is 0.224 e. The molecule has 1 aromatic rings. The van der Waals surface area contributed by atoms with Crippen molar-refractivity contribution < 1.29 is 14.7 Å². The van der Waals surface area contributed by atoms with Crippen molar-refractivity contribution in [3.63, 3.8) is 0 Å². The Kier molecular flexibility index (Phi) is 4.31. The van der Waals surface area contributed by atoms with Gasteiger partial charge in [-0.05, 0) is 31.0 Å². The molecule has 1 aromatic carbocycles. The van der Waals surface area contributed by atoms with E-state index in [9.17, 15) is 14.7 Å². The van der Waals surface area contributed by atoms with Gasteiger partial charge in [-0.3, -0.25) is 4.79 Å². The van der Waals surface area contributed by atoms with Gasteiger partial charge in [0.05, 0.1) is 0 Å². The molecule has 0 saturated heterocycles. The number of aryl methyl sites for hydroxylation is 1. The number of carbonyl (C=O) groups excluding carboxylic acids is 2. The Labute approximate surface area is 98.2 Å². The van der Waals surface area contributed by atoms with Crippen LogP contribution in [0.4, 0.5) is 5.69 Å². The summed E-state index contributed by atoms with van der Waals surface area (Å²) in [5, 5.41) is 13.3. The summed E-state index contributed by atoms with van der Waals surface area (Å²) in [5.74, 6) is -1.60. The molecule has 0 fully saturated rings. The molecule has 0 heterocycles. The van der Waals surface area contributed by atoms with Crippen molar-refractivity contribution >= 4 is 29.2 Å². The number of amides is 1. The first-order valence-electron chi connectivity index (χ1n) is 4.75. The number of nitrogens with one attached hydrogen (secondary N) is 1. The van der Waals surface area contributed by atoms with Crippen molar-refractivity contribution in [3.8, 4) is 0 Å². The van der Waals surface area contributed by atoms with Crippen LogP contribution in [0.5, 0.6) is 0 Å². The maximum atomic E-state index is 11.3. The highest BCUT2D eigenvalue weighted by Crippen LogP contribution is 2.20. The van der Waals surface area contributed by atoms with E-state index >= 15 is 0 Å². The quantitative estimate of drug-likeness (QED) is 0.857. The van der Waals surface area contributed by atoms with Crippen molar-refractivity contribution in [3.05, 3.63) is 28.8 Å². The summed E-state index contributed by atoms with van der Waals surface area (Å²) in [4.78, 5) is 21.5. The maximum absolute atomic E-state index is 11.3. The number of anilines is 1. The monoisotopic (exact) mass is 240 g/mol. The molecule has 1 amide bonds. The fourth-order valence-electron chi connectivity index (χ4n) is 1.16. The third kappa shape index (κ3) is 3.90. The minimum Gasteiger partial charge on any atom is -0.550 e. The van der Waals surface area contributed by atoms with E-state index in [0.717, 1.165) is 5.56 Å². The number of hydrogen-bond acceptors (Lipinski definition) is 3. The molecule has 4 nitrogen and oxygen atoms in total. The van der Waals surface area contributed by atoms with Crippen molar-refractivity contribution in [2.75, 3.05) is 5.32 Å². The summed E-state index contributed by atoms with van der Waals surface area (Å²) in [6, 6.07) is 5.11. The Morgan fingerprint density at radius 2 is 2.06 bits per heavy atom. The molecule has 0 aromatic heterocycles. The molecular formula is C11H11ClNO3-. The maximum Gasteiger partial charge on any atom is 0.224 e. The summed E-state index contributed by atoms with van der Waals surface area (Å²) >= 11 is 5.77. The second kappa shape index (κ2) is 5.51. The molecule has 16 heavy (non-hydrogen) atoms. The van der Waals surface area contributed by atoms with E-state index in [-0.39, 0.29) is 18.7 Å². The molecule has 0 radical (unpaired) electrons. The predicted octanol–water partition coefficient (Wildman–Crippen LogP) is 1.12. The van der Waals surface area contributed by atoms with Gasteiger partial charge in [0.1, 0.15) is 0 Å². The van der Waals surface area contributed by atoms with Gasteiger partial charge in [-0.15, -0.1) is 0 Å². The Bertz CT molecular complexity index is 418. The van der Waals surface area contributed by atoms with Gasteiger partial charge >= 0.3 is 0 Å². The van der Waals surface area contributed by atoms with Crippen molar-refractivity contribution in [1.82, 2.24) is 0 Å². The highest BCUT2D eigenvalue weighted by atomic mass is 35.5. The minimum absolute atomic E-state index is 0.103. The van der Waals surface area contributed by atoms with E-state index in [1.807, 2.05) is 6.92 Å². The normalized spacial score (nSPS) is 9.88. The Hall–Kier alpha value is -1.55. The summed E-state index contributed by atoms with van der Waals surface area (Å²) < 4.78 is 0. The van der Waals surface area contributed by atoms with Crippen LogP contribution in [0, 0.1) is 6.92 Å². The first kappa shape index (κ1) is 12.5. The Balaban J connectivity index is 2.62. The number of aliphatic carboxylic acids is 1. The number of rotatable bonds is 4. The highest BCUT2D eigenvalue weighted by Gasteiger charge is 2.05. The van der Waals surface area contributed by atoms with Gasteiger partial charge in [0.2, 0.25) is 5.91 Å². The molecule has 0 atom stereocenters. The molecule has 1 rings (SSSR count). The summed E-state index contributed by atoms with van der Waals surface area (Å²) in [5.41, 5.74) is 1.46. The average Bonchev–Trinajstić information content (AvgIpc) is 2.20. The SMILES string of the molecule is Cc1ccc(Cl)cc1NC(=O)CCC(=O)[O-]. The second-order valence-electron chi connectivity index (χ2n) is 3.38. The number of carbonyl (C=O) groups is 2. The lowest BCUT2D eigenvalue weighted by atomic mass is 10.2. The van der Waals surface area contributed by atoms with Gasteiger partial charge in [0.25, 0.3) is 0 Å². The third-order valence-corrected chi connectivity index (χ3v) is 2.26. The molecule has 86 valence electrons. The van der Waals surface area contributed by atoms with Crippen LogP contribution in [0.3, 0.4) is 0 Å². The molecule has 0 aliphatic carbocycles. The zero-order valence-corrected chi connectivity index (χ0v) is 9.50. The number of carboxylic acids is 1. The molecule has 1 N–H and O–H groups in total. The molecular weight excluding hydrogens is 230 g/mol. The van der Waals surface area contributed by atoms with E-state index < -0.39 is 5.97 Å². The topological polar surface area (TPSA) is 69.2 Å². The van der Waals surface area contributed by atoms with Crippen LogP contribution in [0.15, 0.2) is 18.2 Å². The lowest BCUT2D eigenvalue weighted by Crippen LogP contribution is -2.24. The van der Waals surface area contributed by atoms with Crippen LogP contribution < -0.4 is 10.4 Å². The molecule has 0 spiro atoms. The zero-order valence-electron chi connectivity index (χ0n) is 8.75. The molecule has 0 bridgehead atoms. The fourth-order valence-corrected chi connectivity index (χ4v) is 1.33. The van der Waals surface area contributed by atoms with Crippen LogP contribution in [-0.2, 0) is 9.59 Å². The number of benzene rings is 1. The van der Waals surface area contributed by atoms with Crippen molar-refractivity contribution in [2.45, 2.75) is 19.8 Å². The van der Waals surface area contributed by atoms with Gasteiger partial charge < -0.3 is 15.2 Å². The number of halogens is 1. The predicted molar refractivity (Wildman–Crippen MR) is 59.1 cm³/mol. The van der Waals surface area contributed by atoms with E-state index in [1.54, 1.807) is 18.2 Å². The first-order valence-corrected chi connectivity index (χ1v) is 5.12. The lowest BCUT2D eigenvalue weighted by Gasteiger charge is -2.08. The second-order valence-corrected chi connectivity index (χ2v) is 3.82. The average molecular weight is 241 g/mol. The van der Waals surface area contributed by atoms with Gasteiger partial charge in [-0.25, -0.2) is 0 Å². The van der Waals surface area contributed by atoms with Gasteiger partial charge in [0, 0.05) is 23.1 Å². The van der Waals surface area contributed by atoms with Crippen LogP contribution in [0.1, 0.15) is 18.4 Å². The van der Waals surface area contributed by atoms with Crippen molar-refractivity contribution in [1.29, 1.82) is 0 Å². The Morgan fingerprint density at radius 3 is 2.69 bits per heavy atom. The molecule has 0 saturated carbocycles. The molecule has 0 unspecified atom stereocenters.